The van der Waals surface area contributed by atoms with Crippen molar-refractivity contribution in [3.63, 3.8) is 0 Å². The first kappa shape index (κ1) is 16.8. The number of piperidine rings is 1. The van der Waals surface area contributed by atoms with Gasteiger partial charge in [-0.3, -0.25) is 0 Å². The van der Waals surface area contributed by atoms with Crippen LogP contribution in [0.2, 0.25) is 0 Å². The first-order chi connectivity index (χ1) is 12.6. The van der Waals surface area contributed by atoms with Crippen LogP contribution in [0.3, 0.4) is 0 Å². The number of hydrogen-bond donors (Lipinski definition) is 2. The normalized spacial score (nSPS) is 18.2. The van der Waals surface area contributed by atoms with E-state index >= 15 is 0 Å². The van der Waals surface area contributed by atoms with Crippen molar-refractivity contribution < 1.29 is 5.11 Å². The van der Waals surface area contributed by atoms with E-state index in [2.05, 4.69) is 33.5 Å². The Morgan fingerprint density at radius 1 is 1.08 bits per heavy atom. The lowest BCUT2D eigenvalue weighted by molar-refractivity contribution is 0.261. The summed E-state index contributed by atoms with van der Waals surface area (Å²) in [7, 11) is 2.15. The van der Waals surface area contributed by atoms with Crippen LogP contribution in [-0.2, 0) is 0 Å². The number of anilines is 1. The van der Waals surface area contributed by atoms with Gasteiger partial charge in [-0.15, -0.1) is 10.2 Å². The smallest absolute Gasteiger partial charge is 0.156 e. The molecule has 0 saturated carbocycles. The maximum absolute atomic E-state index is 10.4. The highest BCUT2D eigenvalue weighted by Gasteiger charge is 2.20. The highest BCUT2D eigenvalue weighted by atomic mass is 16.3. The van der Waals surface area contributed by atoms with Crippen LogP contribution >= 0.6 is 0 Å². The van der Waals surface area contributed by atoms with Crippen molar-refractivity contribution in [1.29, 1.82) is 0 Å². The number of rotatable bonds is 3. The molecule has 2 aromatic carbocycles. The van der Waals surface area contributed by atoms with Gasteiger partial charge in [0.2, 0.25) is 0 Å². The van der Waals surface area contributed by atoms with Crippen LogP contribution in [0.5, 0.6) is 5.75 Å². The average Bonchev–Trinajstić information content (AvgIpc) is 2.63. The lowest BCUT2D eigenvalue weighted by Crippen LogP contribution is -2.40. The molecule has 0 unspecified atom stereocenters. The van der Waals surface area contributed by atoms with E-state index in [0.717, 1.165) is 52.9 Å². The largest absolute Gasteiger partial charge is 0.507 e. The second-order valence-electron chi connectivity index (χ2n) is 7.16. The van der Waals surface area contributed by atoms with E-state index in [9.17, 15) is 5.11 Å². The molecule has 134 valence electrons. The predicted octanol–water partition coefficient (Wildman–Crippen LogP) is 3.82. The minimum Gasteiger partial charge on any atom is -0.507 e. The standard InChI is InChI=1S/C21H24N4O/c1-14-7-5-11-18(26)19(14)20-16-9-3-4-10-17(16)21(24-23-20)22-15-8-6-12-25(2)13-15/h3-5,7,9-11,15,26H,6,8,12-13H2,1-2H3,(H,22,24)/t15-/m1/s1. The molecule has 1 atom stereocenters. The molecule has 0 radical (unpaired) electrons. The zero-order valence-corrected chi connectivity index (χ0v) is 15.2. The summed E-state index contributed by atoms with van der Waals surface area (Å²) >= 11 is 0. The number of aryl methyl sites for hydroxylation is 1. The molecule has 2 heterocycles. The summed E-state index contributed by atoms with van der Waals surface area (Å²) in [4.78, 5) is 2.34. The molecule has 1 aromatic heterocycles. The Morgan fingerprint density at radius 3 is 2.65 bits per heavy atom. The van der Waals surface area contributed by atoms with Crippen LogP contribution in [0.4, 0.5) is 5.82 Å². The average molecular weight is 348 g/mol. The number of likely N-dealkylation sites (N-methyl/N-ethyl adjacent to an activating group) is 1. The van der Waals surface area contributed by atoms with Crippen molar-refractivity contribution in [3.05, 3.63) is 48.0 Å². The van der Waals surface area contributed by atoms with Gasteiger partial charge in [-0.25, -0.2) is 0 Å². The molecular formula is C21H24N4O. The molecule has 3 aromatic rings. The van der Waals surface area contributed by atoms with Crippen molar-refractivity contribution in [2.45, 2.75) is 25.8 Å². The van der Waals surface area contributed by atoms with Crippen LogP contribution < -0.4 is 5.32 Å². The number of phenolic OH excluding ortho intramolecular Hbond substituents is 1. The van der Waals surface area contributed by atoms with Gasteiger partial charge in [-0.1, -0.05) is 36.4 Å². The van der Waals surface area contributed by atoms with Crippen LogP contribution in [0, 0.1) is 6.92 Å². The van der Waals surface area contributed by atoms with Gasteiger partial charge in [0.25, 0.3) is 0 Å². The summed E-state index contributed by atoms with van der Waals surface area (Å²) in [6.45, 7) is 4.14. The molecule has 2 N–H and O–H groups in total. The van der Waals surface area contributed by atoms with Crippen LogP contribution in [0.1, 0.15) is 18.4 Å². The summed E-state index contributed by atoms with van der Waals surface area (Å²) in [5.74, 6) is 1.05. The third kappa shape index (κ3) is 3.10. The van der Waals surface area contributed by atoms with Gasteiger partial charge in [0.1, 0.15) is 11.4 Å². The van der Waals surface area contributed by atoms with Crippen molar-refractivity contribution in [2.75, 3.05) is 25.5 Å². The van der Waals surface area contributed by atoms with E-state index in [0.29, 0.717) is 6.04 Å². The van der Waals surface area contributed by atoms with E-state index in [1.54, 1.807) is 6.07 Å². The molecular weight excluding hydrogens is 324 g/mol. The Hall–Kier alpha value is -2.66. The molecule has 5 heteroatoms. The highest BCUT2D eigenvalue weighted by molar-refractivity contribution is 6.01. The number of hydrogen-bond acceptors (Lipinski definition) is 5. The third-order valence-electron chi connectivity index (χ3n) is 5.14. The Kier molecular flexibility index (Phi) is 4.47. The zero-order valence-electron chi connectivity index (χ0n) is 15.2. The topological polar surface area (TPSA) is 61.3 Å². The molecule has 0 aliphatic carbocycles. The van der Waals surface area contributed by atoms with Crippen molar-refractivity contribution >= 4 is 16.6 Å². The highest BCUT2D eigenvalue weighted by Crippen LogP contribution is 2.36. The summed E-state index contributed by atoms with van der Waals surface area (Å²) in [6.07, 6.45) is 2.33. The third-order valence-corrected chi connectivity index (χ3v) is 5.14. The van der Waals surface area contributed by atoms with Crippen molar-refractivity contribution in [1.82, 2.24) is 15.1 Å². The first-order valence-electron chi connectivity index (χ1n) is 9.13. The molecule has 1 fully saturated rings. The fraction of sp³-hybridized carbons (Fsp3) is 0.333. The minimum atomic E-state index is 0.235. The van der Waals surface area contributed by atoms with E-state index in [1.807, 2.05) is 37.3 Å². The van der Waals surface area contributed by atoms with Gasteiger partial charge in [0.05, 0.1) is 0 Å². The molecule has 0 spiro atoms. The summed E-state index contributed by atoms with van der Waals surface area (Å²) < 4.78 is 0. The molecule has 1 aliphatic heterocycles. The van der Waals surface area contributed by atoms with Gasteiger partial charge >= 0.3 is 0 Å². The molecule has 1 aliphatic rings. The first-order valence-corrected chi connectivity index (χ1v) is 9.13. The summed E-state index contributed by atoms with van der Waals surface area (Å²) in [5.41, 5.74) is 2.46. The number of likely N-dealkylation sites (tertiary alicyclic amines) is 1. The SMILES string of the molecule is Cc1cccc(O)c1-c1nnc(N[C@@H]2CCCN(C)C2)c2ccccc12. The number of nitrogens with one attached hydrogen (secondary N) is 1. The van der Waals surface area contributed by atoms with Gasteiger partial charge in [0.15, 0.2) is 5.82 Å². The zero-order chi connectivity index (χ0) is 18.1. The lowest BCUT2D eigenvalue weighted by atomic mass is 9.99. The number of benzene rings is 2. The molecule has 0 bridgehead atoms. The maximum Gasteiger partial charge on any atom is 0.156 e. The second kappa shape index (κ2) is 6.92. The number of aromatic hydroxyl groups is 1. The second-order valence-corrected chi connectivity index (χ2v) is 7.16. The lowest BCUT2D eigenvalue weighted by Gasteiger charge is -2.30. The molecule has 0 amide bonds. The predicted molar refractivity (Wildman–Crippen MR) is 106 cm³/mol. The van der Waals surface area contributed by atoms with E-state index in [4.69, 9.17) is 0 Å². The van der Waals surface area contributed by atoms with Gasteiger partial charge < -0.3 is 15.3 Å². The van der Waals surface area contributed by atoms with E-state index in [-0.39, 0.29) is 5.75 Å². The van der Waals surface area contributed by atoms with Crippen LogP contribution in [0.25, 0.3) is 22.0 Å². The molecule has 1 saturated heterocycles. The number of aromatic nitrogens is 2. The van der Waals surface area contributed by atoms with Crippen LogP contribution in [-0.4, -0.2) is 46.4 Å². The van der Waals surface area contributed by atoms with Gasteiger partial charge in [0, 0.05) is 28.9 Å². The fourth-order valence-electron chi connectivity index (χ4n) is 3.83. The Morgan fingerprint density at radius 2 is 1.88 bits per heavy atom. The Bertz CT molecular complexity index is 920. The monoisotopic (exact) mass is 348 g/mol. The summed E-state index contributed by atoms with van der Waals surface area (Å²) in [6, 6.07) is 14.0. The van der Waals surface area contributed by atoms with Gasteiger partial charge in [-0.2, -0.15) is 0 Å². The van der Waals surface area contributed by atoms with Gasteiger partial charge in [-0.05, 0) is 45.0 Å². The maximum atomic E-state index is 10.4. The Balaban J connectivity index is 1.79. The van der Waals surface area contributed by atoms with Crippen LogP contribution in [0.15, 0.2) is 42.5 Å². The number of nitrogens with zero attached hydrogens (tertiary/aromatic N) is 3. The van der Waals surface area contributed by atoms with E-state index in [1.165, 1.54) is 6.42 Å². The van der Waals surface area contributed by atoms with Crippen molar-refractivity contribution in [3.8, 4) is 17.0 Å². The number of fused-ring (bicyclic) bond motifs is 1. The number of phenols is 1. The fourth-order valence-corrected chi connectivity index (χ4v) is 3.83. The summed E-state index contributed by atoms with van der Waals surface area (Å²) in [5, 5.41) is 25.0. The van der Waals surface area contributed by atoms with E-state index < -0.39 is 0 Å². The Labute approximate surface area is 153 Å². The molecule has 4 rings (SSSR count). The van der Waals surface area contributed by atoms with Crippen molar-refractivity contribution in [2.24, 2.45) is 0 Å². The molecule has 26 heavy (non-hydrogen) atoms. The minimum absolute atomic E-state index is 0.235. The molecule has 5 nitrogen and oxygen atoms in total. The quantitative estimate of drug-likeness (QED) is 0.753.